The molecule has 1 heterocycles. The number of pyridine rings is 1. The van der Waals surface area contributed by atoms with Crippen LogP contribution in [0.2, 0.25) is 0 Å². The summed E-state index contributed by atoms with van der Waals surface area (Å²) in [6.07, 6.45) is 2.62. The van der Waals surface area contributed by atoms with E-state index < -0.39 is 11.9 Å². The number of nitrogens with two attached hydrogens (primary N) is 1. The second kappa shape index (κ2) is 5.55. The molecule has 0 aliphatic heterocycles. The molecule has 1 aromatic heterocycles. The van der Waals surface area contributed by atoms with Crippen LogP contribution in [0, 0.1) is 11.6 Å². The Balaban J connectivity index is 2.23. The lowest BCUT2D eigenvalue weighted by atomic mass is 9.94. The van der Waals surface area contributed by atoms with Crippen molar-refractivity contribution in [3.05, 3.63) is 77.6 Å². The van der Waals surface area contributed by atoms with Gasteiger partial charge in [-0.2, -0.15) is 0 Å². The molecule has 1 atom stereocenters. The highest BCUT2D eigenvalue weighted by atomic mass is 19.1. The first-order valence-corrected chi connectivity index (χ1v) is 6.45. The van der Waals surface area contributed by atoms with Gasteiger partial charge >= 0.3 is 0 Å². The van der Waals surface area contributed by atoms with Crippen molar-refractivity contribution in [1.82, 2.24) is 10.4 Å². The van der Waals surface area contributed by atoms with Gasteiger partial charge < -0.3 is 0 Å². The van der Waals surface area contributed by atoms with E-state index in [9.17, 15) is 8.78 Å². The number of rotatable bonds is 3. The fourth-order valence-corrected chi connectivity index (χ4v) is 2.50. The molecular weight excluding hydrogens is 272 g/mol. The predicted molar refractivity (Wildman–Crippen MR) is 77.3 cm³/mol. The summed E-state index contributed by atoms with van der Waals surface area (Å²) in [5.41, 5.74) is 3.67. The molecule has 21 heavy (non-hydrogen) atoms. The number of fused-ring (bicyclic) bond motifs is 1. The van der Waals surface area contributed by atoms with Crippen LogP contribution in [0.5, 0.6) is 0 Å². The van der Waals surface area contributed by atoms with E-state index in [0.717, 1.165) is 6.20 Å². The highest BCUT2D eigenvalue weighted by Gasteiger charge is 2.19. The number of halogens is 2. The lowest BCUT2D eigenvalue weighted by Gasteiger charge is -2.19. The Labute approximate surface area is 120 Å². The number of benzene rings is 2. The van der Waals surface area contributed by atoms with Crippen molar-refractivity contribution < 1.29 is 8.78 Å². The Bertz CT molecular complexity index is 789. The number of hydrogen-bond acceptors (Lipinski definition) is 3. The molecule has 0 saturated heterocycles. The normalized spacial score (nSPS) is 12.5. The van der Waals surface area contributed by atoms with Crippen molar-refractivity contribution in [2.24, 2.45) is 5.84 Å². The van der Waals surface area contributed by atoms with E-state index in [0.29, 0.717) is 21.9 Å². The second-order valence-electron chi connectivity index (χ2n) is 4.68. The largest absolute Gasteiger partial charge is 0.271 e. The van der Waals surface area contributed by atoms with Crippen molar-refractivity contribution in [2.75, 3.05) is 0 Å². The second-order valence-corrected chi connectivity index (χ2v) is 4.68. The molecule has 2 aromatic carbocycles. The molecule has 3 aromatic rings. The van der Waals surface area contributed by atoms with Gasteiger partial charge in [0, 0.05) is 17.1 Å². The standard InChI is InChI=1S/C16H13F2N3/c17-14-6-5-12(10-3-1-2-4-11(10)14)16(21-19)13-7-8-20-9-15(13)18/h1-9,16,21H,19H2. The minimum atomic E-state index is -0.585. The van der Waals surface area contributed by atoms with E-state index >= 15 is 0 Å². The van der Waals surface area contributed by atoms with Crippen LogP contribution in [0.15, 0.2) is 54.9 Å². The van der Waals surface area contributed by atoms with Crippen LogP contribution < -0.4 is 11.3 Å². The molecule has 0 fully saturated rings. The zero-order chi connectivity index (χ0) is 14.8. The summed E-state index contributed by atoms with van der Waals surface area (Å²) < 4.78 is 27.8. The third-order valence-corrected chi connectivity index (χ3v) is 3.50. The van der Waals surface area contributed by atoms with Crippen LogP contribution in [0.1, 0.15) is 17.2 Å². The molecule has 0 radical (unpaired) electrons. The minimum absolute atomic E-state index is 0.319. The Kier molecular flexibility index (Phi) is 3.60. The number of hydrazine groups is 1. The van der Waals surface area contributed by atoms with Crippen LogP contribution in [-0.2, 0) is 0 Å². The fraction of sp³-hybridized carbons (Fsp3) is 0.0625. The highest BCUT2D eigenvalue weighted by molar-refractivity contribution is 5.87. The third kappa shape index (κ3) is 2.37. The summed E-state index contributed by atoms with van der Waals surface area (Å²) in [6, 6.07) is 11.0. The minimum Gasteiger partial charge on any atom is -0.271 e. The average Bonchev–Trinajstić information content (AvgIpc) is 2.52. The summed E-state index contributed by atoms with van der Waals surface area (Å²) >= 11 is 0. The molecule has 1 unspecified atom stereocenters. The Morgan fingerprint density at radius 2 is 1.67 bits per heavy atom. The summed E-state index contributed by atoms with van der Waals surface area (Å²) in [5, 5.41) is 1.17. The topological polar surface area (TPSA) is 50.9 Å². The molecule has 0 saturated carbocycles. The molecule has 3 nitrogen and oxygen atoms in total. The number of nitrogens with zero attached hydrogens (tertiary/aromatic N) is 1. The van der Waals surface area contributed by atoms with Gasteiger partial charge in [-0.25, -0.2) is 14.2 Å². The van der Waals surface area contributed by atoms with Crippen LogP contribution in [0.3, 0.4) is 0 Å². The SMILES string of the molecule is NNC(c1ccncc1F)c1ccc(F)c2ccccc12. The zero-order valence-electron chi connectivity index (χ0n) is 11.1. The van der Waals surface area contributed by atoms with Gasteiger partial charge in [0.2, 0.25) is 0 Å². The van der Waals surface area contributed by atoms with E-state index in [2.05, 4.69) is 10.4 Å². The van der Waals surface area contributed by atoms with Crippen molar-refractivity contribution in [1.29, 1.82) is 0 Å². The van der Waals surface area contributed by atoms with Crippen molar-refractivity contribution in [3.8, 4) is 0 Å². The van der Waals surface area contributed by atoms with E-state index in [1.807, 2.05) is 6.07 Å². The van der Waals surface area contributed by atoms with Gasteiger partial charge in [0.1, 0.15) is 11.6 Å². The highest BCUT2D eigenvalue weighted by Crippen LogP contribution is 2.30. The van der Waals surface area contributed by atoms with Gasteiger partial charge in [-0.3, -0.25) is 10.8 Å². The van der Waals surface area contributed by atoms with Gasteiger partial charge in [-0.1, -0.05) is 30.3 Å². The summed E-state index contributed by atoms with van der Waals surface area (Å²) in [6.45, 7) is 0. The third-order valence-electron chi connectivity index (χ3n) is 3.50. The first-order valence-electron chi connectivity index (χ1n) is 6.45. The maximum Gasteiger partial charge on any atom is 0.146 e. The first-order chi connectivity index (χ1) is 10.2. The van der Waals surface area contributed by atoms with Gasteiger partial charge in [0.25, 0.3) is 0 Å². The summed E-state index contributed by atoms with van der Waals surface area (Å²) in [5.74, 6) is 4.82. The van der Waals surface area contributed by atoms with E-state index in [4.69, 9.17) is 5.84 Å². The predicted octanol–water partition coefficient (Wildman–Crippen LogP) is 3.07. The van der Waals surface area contributed by atoms with Crippen LogP contribution >= 0.6 is 0 Å². The van der Waals surface area contributed by atoms with E-state index in [1.54, 1.807) is 30.3 Å². The van der Waals surface area contributed by atoms with Crippen molar-refractivity contribution >= 4 is 10.8 Å². The maximum atomic E-state index is 14.0. The Morgan fingerprint density at radius 3 is 2.38 bits per heavy atom. The molecule has 3 N–H and O–H groups in total. The number of hydrogen-bond donors (Lipinski definition) is 2. The van der Waals surface area contributed by atoms with Gasteiger partial charge in [-0.05, 0) is 23.1 Å². The molecular formula is C16H13F2N3. The molecule has 0 aliphatic carbocycles. The van der Waals surface area contributed by atoms with Crippen LogP contribution in [0.25, 0.3) is 10.8 Å². The van der Waals surface area contributed by atoms with Gasteiger partial charge in [0.15, 0.2) is 0 Å². The van der Waals surface area contributed by atoms with Gasteiger partial charge in [-0.15, -0.1) is 0 Å². The Hall–Kier alpha value is -2.37. The van der Waals surface area contributed by atoms with E-state index in [-0.39, 0.29) is 5.82 Å². The van der Waals surface area contributed by atoms with Gasteiger partial charge in [0.05, 0.1) is 12.2 Å². The maximum absolute atomic E-state index is 14.0. The number of aromatic nitrogens is 1. The first kappa shape index (κ1) is 13.6. The summed E-state index contributed by atoms with van der Waals surface area (Å²) in [7, 11) is 0. The molecule has 0 amide bonds. The average molecular weight is 285 g/mol. The lowest BCUT2D eigenvalue weighted by Crippen LogP contribution is -2.29. The van der Waals surface area contributed by atoms with Crippen molar-refractivity contribution in [3.63, 3.8) is 0 Å². The molecule has 0 spiro atoms. The fourth-order valence-electron chi connectivity index (χ4n) is 2.50. The molecule has 0 aliphatic rings. The Morgan fingerprint density at radius 1 is 0.905 bits per heavy atom. The molecule has 3 rings (SSSR count). The van der Waals surface area contributed by atoms with Crippen LogP contribution in [-0.4, -0.2) is 4.98 Å². The molecule has 5 heteroatoms. The van der Waals surface area contributed by atoms with Crippen molar-refractivity contribution in [2.45, 2.75) is 6.04 Å². The van der Waals surface area contributed by atoms with Crippen LogP contribution in [0.4, 0.5) is 8.78 Å². The number of nitrogens with one attached hydrogen (secondary N) is 1. The van der Waals surface area contributed by atoms with E-state index in [1.165, 1.54) is 12.3 Å². The quantitative estimate of drug-likeness (QED) is 0.574. The summed E-state index contributed by atoms with van der Waals surface area (Å²) in [4.78, 5) is 3.73. The molecule has 0 bridgehead atoms. The lowest BCUT2D eigenvalue weighted by molar-refractivity contribution is 0.556. The molecule has 106 valence electrons. The monoisotopic (exact) mass is 285 g/mol. The smallest absolute Gasteiger partial charge is 0.146 e. The zero-order valence-corrected chi connectivity index (χ0v) is 11.1.